The first kappa shape index (κ1) is 18.1. The second-order valence-corrected chi connectivity index (χ2v) is 5.93. The van der Waals surface area contributed by atoms with Gasteiger partial charge in [-0.1, -0.05) is 12.1 Å². The van der Waals surface area contributed by atoms with Gasteiger partial charge in [0.2, 0.25) is 0 Å². The molecule has 0 fully saturated rings. The fraction of sp³-hybridized carbons (Fsp3) is 0.200. The summed E-state index contributed by atoms with van der Waals surface area (Å²) in [7, 11) is 0. The Morgan fingerprint density at radius 1 is 1.08 bits per heavy atom. The van der Waals surface area contributed by atoms with Crippen molar-refractivity contribution in [2.45, 2.75) is 20.1 Å². The van der Waals surface area contributed by atoms with E-state index in [1.54, 1.807) is 25.1 Å². The van der Waals surface area contributed by atoms with Crippen molar-refractivity contribution in [3.63, 3.8) is 0 Å². The van der Waals surface area contributed by atoms with Gasteiger partial charge in [-0.05, 0) is 54.5 Å². The quantitative estimate of drug-likeness (QED) is 0.856. The monoisotopic (exact) mass is 361 g/mol. The molecule has 0 spiro atoms. The lowest BCUT2D eigenvalue weighted by Crippen LogP contribution is -2.26. The normalized spacial score (nSPS) is 14.1. The van der Waals surface area contributed by atoms with E-state index in [2.05, 4.69) is 0 Å². The molecule has 0 aliphatic carbocycles. The maximum absolute atomic E-state index is 14.0. The molecule has 0 saturated carbocycles. The lowest BCUT2D eigenvalue weighted by molar-refractivity contribution is 0.204. The molecule has 0 unspecified atom stereocenters. The van der Waals surface area contributed by atoms with Gasteiger partial charge in [0.1, 0.15) is 35.5 Å². The molecule has 3 nitrogen and oxygen atoms in total. The van der Waals surface area contributed by atoms with Gasteiger partial charge in [-0.25, -0.2) is 13.2 Å². The number of anilines is 1. The summed E-state index contributed by atoms with van der Waals surface area (Å²) < 4.78 is 46.9. The van der Waals surface area contributed by atoms with Crippen molar-refractivity contribution in [2.75, 3.05) is 11.4 Å². The molecule has 0 saturated heterocycles. The number of benzene rings is 2. The van der Waals surface area contributed by atoms with Gasteiger partial charge in [-0.15, -0.1) is 0 Å². The van der Waals surface area contributed by atoms with E-state index >= 15 is 0 Å². The van der Waals surface area contributed by atoms with Crippen LogP contribution in [0.5, 0.6) is 0 Å². The van der Waals surface area contributed by atoms with E-state index < -0.39 is 17.5 Å². The van der Waals surface area contributed by atoms with E-state index in [1.807, 2.05) is 0 Å². The highest BCUT2D eigenvalue weighted by Crippen LogP contribution is 2.29. The predicted octanol–water partition coefficient (Wildman–Crippen LogP) is 4.42. The number of para-hydroxylation sites is 1. The number of aliphatic hydroxyl groups excluding tert-OH is 1. The van der Waals surface area contributed by atoms with Gasteiger partial charge in [0.25, 0.3) is 0 Å². The summed E-state index contributed by atoms with van der Waals surface area (Å²) in [6, 6.07) is 7.87. The number of ether oxygens (including phenoxy) is 1. The summed E-state index contributed by atoms with van der Waals surface area (Å²) in [6.45, 7) is 1.86. The Balaban J connectivity index is 1.72. The van der Waals surface area contributed by atoms with Crippen LogP contribution in [0.3, 0.4) is 0 Å². The molecule has 136 valence electrons. The van der Waals surface area contributed by atoms with Crippen LogP contribution in [0.25, 0.3) is 0 Å². The number of halogens is 3. The first-order valence-electron chi connectivity index (χ1n) is 8.10. The van der Waals surface area contributed by atoms with Crippen LogP contribution < -0.4 is 4.90 Å². The average molecular weight is 361 g/mol. The zero-order valence-electron chi connectivity index (χ0n) is 14.2. The summed E-state index contributed by atoms with van der Waals surface area (Å²) in [4.78, 5) is 1.52. The third kappa shape index (κ3) is 3.75. The van der Waals surface area contributed by atoms with Crippen LogP contribution in [-0.4, -0.2) is 11.7 Å². The molecule has 0 aromatic heterocycles. The minimum Gasteiger partial charge on any atom is -0.489 e. The van der Waals surface area contributed by atoms with E-state index in [1.165, 1.54) is 35.2 Å². The van der Waals surface area contributed by atoms with Crippen molar-refractivity contribution in [1.29, 1.82) is 0 Å². The molecule has 26 heavy (non-hydrogen) atoms. The Hall–Kier alpha value is -2.73. The highest BCUT2D eigenvalue weighted by atomic mass is 19.1. The molecular weight excluding hydrogens is 343 g/mol. The van der Waals surface area contributed by atoms with Crippen molar-refractivity contribution in [3.05, 3.63) is 88.6 Å². The van der Waals surface area contributed by atoms with Gasteiger partial charge in [0.05, 0.1) is 6.61 Å². The molecular formula is C20H18F3NO2. The maximum atomic E-state index is 14.0. The zero-order chi connectivity index (χ0) is 18.7. The third-order valence-corrected chi connectivity index (χ3v) is 4.19. The molecule has 1 aliphatic rings. The van der Waals surface area contributed by atoms with Crippen molar-refractivity contribution in [3.8, 4) is 0 Å². The average Bonchev–Trinajstić information content (AvgIpc) is 2.62. The Labute approximate surface area is 149 Å². The molecule has 1 aliphatic heterocycles. The summed E-state index contributed by atoms with van der Waals surface area (Å²) in [5.74, 6) is -1.14. The standard InChI is InChI=1S/C20H18F3NO2/c1-13-9-17(26-12-14-5-6-16(21)10-15(14)11-25)7-8-24(13)20-18(22)3-2-4-19(20)23/h2-7,9-10,25H,8,11-12H2,1H3. The number of hydrogen-bond acceptors (Lipinski definition) is 3. The molecule has 2 aromatic carbocycles. The minimum absolute atomic E-state index is 0.0994. The first-order valence-corrected chi connectivity index (χ1v) is 8.10. The van der Waals surface area contributed by atoms with Gasteiger partial charge in [-0.2, -0.15) is 0 Å². The number of allylic oxidation sites excluding steroid dienone is 2. The van der Waals surface area contributed by atoms with E-state index in [-0.39, 0.29) is 25.4 Å². The topological polar surface area (TPSA) is 32.7 Å². The zero-order valence-corrected chi connectivity index (χ0v) is 14.2. The summed E-state index contributed by atoms with van der Waals surface area (Å²) in [5, 5.41) is 9.31. The molecule has 2 aromatic rings. The van der Waals surface area contributed by atoms with Crippen LogP contribution in [0.4, 0.5) is 18.9 Å². The van der Waals surface area contributed by atoms with E-state index in [9.17, 15) is 18.3 Å². The lowest BCUT2D eigenvalue weighted by atomic mass is 10.1. The highest BCUT2D eigenvalue weighted by molar-refractivity contribution is 5.56. The van der Waals surface area contributed by atoms with Crippen LogP contribution in [0.15, 0.2) is 60.0 Å². The van der Waals surface area contributed by atoms with Crippen LogP contribution in [0.1, 0.15) is 18.1 Å². The van der Waals surface area contributed by atoms with E-state index in [0.29, 0.717) is 22.6 Å². The van der Waals surface area contributed by atoms with Crippen molar-refractivity contribution in [1.82, 2.24) is 0 Å². The number of nitrogens with zero attached hydrogens (tertiary/aromatic N) is 1. The van der Waals surface area contributed by atoms with E-state index in [0.717, 1.165) is 0 Å². The van der Waals surface area contributed by atoms with Crippen molar-refractivity contribution in [2.24, 2.45) is 0 Å². The Bertz CT molecular complexity index is 857. The van der Waals surface area contributed by atoms with Gasteiger partial charge in [0, 0.05) is 12.2 Å². The Morgan fingerprint density at radius 2 is 1.81 bits per heavy atom. The minimum atomic E-state index is -0.630. The molecule has 1 heterocycles. The van der Waals surface area contributed by atoms with Gasteiger partial charge < -0.3 is 14.7 Å². The Morgan fingerprint density at radius 3 is 2.46 bits per heavy atom. The van der Waals surface area contributed by atoms with Crippen LogP contribution >= 0.6 is 0 Å². The van der Waals surface area contributed by atoms with Crippen LogP contribution in [0, 0.1) is 17.5 Å². The maximum Gasteiger partial charge on any atom is 0.149 e. The second-order valence-electron chi connectivity index (χ2n) is 5.93. The summed E-state index contributed by atoms with van der Waals surface area (Å²) in [6.07, 6.45) is 3.39. The molecule has 0 amide bonds. The van der Waals surface area contributed by atoms with Crippen LogP contribution in [0.2, 0.25) is 0 Å². The molecule has 0 bridgehead atoms. The van der Waals surface area contributed by atoms with E-state index in [4.69, 9.17) is 4.74 Å². The molecule has 0 radical (unpaired) electrons. The second kappa shape index (κ2) is 7.66. The van der Waals surface area contributed by atoms with Crippen molar-refractivity contribution < 1.29 is 23.0 Å². The highest BCUT2D eigenvalue weighted by Gasteiger charge is 2.20. The molecule has 6 heteroatoms. The molecule has 0 atom stereocenters. The number of rotatable bonds is 5. The Kier molecular flexibility index (Phi) is 5.32. The molecule has 1 N–H and O–H groups in total. The number of hydrogen-bond donors (Lipinski definition) is 1. The fourth-order valence-corrected chi connectivity index (χ4v) is 2.83. The van der Waals surface area contributed by atoms with Gasteiger partial charge in [-0.3, -0.25) is 0 Å². The van der Waals surface area contributed by atoms with Crippen molar-refractivity contribution >= 4 is 5.69 Å². The lowest BCUT2D eigenvalue weighted by Gasteiger charge is -2.28. The van der Waals surface area contributed by atoms with Crippen LogP contribution in [-0.2, 0) is 18.0 Å². The smallest absolute Gasteiger partial charge is 0.149 e. The number of aliphatic hydroxyl groups is 1. The largest absolute Gasteiger partial charge is 0.489 e. The fourth-order valence-electron chi connectivity index (χ4n) is 2.83. The predicted molar refractivity (Wildman–Crippen MR) is 92.7 cm³/mol. The first-order chi connectivity index (χ1) is 12.5. The van der Waals surface area contributed by atoms with Gasteiger partial charge in [0.15, 0.2) is 0 Å². The molecule has 3 rings (SSSR count). The van der Waals surface area contributed by atoms with Gasteiger partial charge >= 0.3 is 0 Å². The third-order valence-electron chi connectivity index (χ3n) is 4.19. The summed E-state index contributed by atoms with van der Waals surface area (Å²) in [5.41, 5.74) is 1.66. The SMILES string of the molecule is CC1=CC(OCc2ccc(F)cc2CO)=CCN1c1c(F)cccc1F. The summed E-state index contributed by atoms with van der Waals surface area (Å²) >= 11 is 0.